The summed E-state index contributed by atoms with van der Waals surface area (Å²) in [4.78, 5) is 22.9. The molecule has 0 aliphatic rings. The molecule has 0 N–H and O–H groups in total. The smallest absolute Gasteiger partial charge is 0.313 e. The van der Waals surface area contributed by atoms with Gasteiger partial charge in [0.05, 0.1) is 19.3 Å². The SMILES string of the molecule is C=C/C=C\C.CCOC(=O)CC(=O)c1ccccc1OC. The van der Waals surface area contributed by atoms with Gasteiger partial charge in [-0.1, -0.05) is 36.9 Å². The quantitative estimate of drug-likeness (QED) is 0.348. The van der Waals surface area contributed by atoms with Crippen molar-refractivity contribution in [3.8, 4) is 5.75 Å². The average molecular weight is 290 g/mol. The van der Waals surface area contributed by atoms with Crippen LogP contribution < -0.4 is 4.74 Å². The van der Waals surface area contributed by atoms with E-state index in [1.54, 1.807) is 37.3 Å². The lowest BCUT2D eigenvalue weighted by Crippen LogP contribution is -2.12. The van der Waals surface area contributed by atoms with E-state index in [-0.39, 0.29) is 18.8 Å². The second kappa shape index (κ2) is 11.5. The minimum Gasteiger partial charge on any atom is -0.496 e. The number of esters is 1. The van der Waals surface area contributed by atoms with E-state index in [1.165, 1.54) is 7.11 Å². The summed E-state index contributed by atoms with van der Waals surface area (Å²) >= 11 is 0. The first-order valence-electron chi connectivity index (χ1n) is 6.66. The number of benzene rings is 1. The Kier molecular flexibility index (Phi) is 10.2. The number of ketones is 1. The van der Waals surface area contributed by atoms with E-state index in [0.29, 0.717) is 11.3 Å². The summed E-state index contributed by atoms with van der Waals surface area (Å²) in [7, 11) is 1.48. The van der Waals surface area contributed by atoms with Crippen LogP contribution in [0.3, 0.4) is 0 Å². The van der Waals surface area contributed by atoms with Crippen LogP contribution in [0, 0.1) is 0 Å². The monoisotopic (exact) mass is 290 g/mol. The van der Waals surface area contributed by atoms with Gasteiger partial charge in [-0.2, -0.15) is 0 Å². The molecule has 0 aromatic heterocycles. The maximum absolute atomic E-state index is 11.7. The van der Waals surface area contributed by atoms with Gasteiger partial charge in [0.1, 0.15) is 12.2 Å². The lowest BCUT2D eigenvalue weighted by Gasteiger charge is -2.06. The second-order valence-corrected chi connectivity index (χ2v) is 3.87. The van der Waals surface area contributed by atoms with E-state index in [4.69, 9.17) is 9.47 Å². The zero-order chi connectivity index (χ0) is 16.1. The van der Waals surface area contributed by atoms with Crippen LogP contribution in [0.15, 0.2) is 49.1 Å². The van der Waals surface area contributed by atoms with Crippen LogP contribution in [-0.4, -0.2) is 25.5 Å². The van der Waals surface area contributed by atoms with E-state index < -0.39 is 5.97 Å². The molecule has 0 saturated heterocycles. The van der Waals surface area contributed by atoms with Gasteiger partial charge >= 0.3 is 5.97 Å². The molecule has 1 aromatic rings. The van der Waals surface area contributed by atoms with Crippen molar-refractivity contribution in [3.05, 3.63) is 54.6 Å². The van der Waals surface area contributed by atoms with Crippen LogP contribution in [0.5, 0.6) is 5.75 Å². The minimum absolute atomic E-state index is 0.256. The highest BCUT2D eigenvalue weighted by atomic mass is 16.5. The molecule has 1 rings (SSSR count). The number of Topliss-reactive ketones (excluding diaryl/α,β-unsaturated/α-hetero) is 1. The summed E-state index contributed by atoms with van der Waals surface area (Å²) in [6.45, 7) is 7.40. The summed E-state index contributed by atoms with van der Waals surface area (Å²) < 4.78 is 9.74. The van der Waals surface area contributed by atoms with E-state index >= 15 is 0 Å². The first-order chi connectivity index (χ1) is 10.1. The summed E-state index contributed by atoms with van der Waals surface area (Å²) in [6.07, 6.45) is 5.32. The van der Waals surface area contributed by atoms with E-state index in [2.05, 4.69) is 6.58 Å². The Hall–Kier alpha value is -2.36. The highest BCUT2D eigenvalue weighted by Crippen LogP contribution is 2.18. The number of para-hydroxylation sites is 1. The van der Waals surface area contributed by atoms with Crippen LogP contribution in [0.1, 0.15) is 30.6 Å². The van der Waals surface area contributed by atoms with Gasteiger partial charge in [0.25, 0.3) is 0 Å². The first kappa shape index (κ1) is 18.6. The molecule has 0 heterocycles. The number of methoxy groups -OCH3 is 1. The Morgan fingerprint density at radius 1 is 1.29 bits per heavy atom. The summed E-state index contributed by atoms with van der Waals surface area (Å²) in [5, 5.41) is 0. The van der Waals surface area contributed by atoms with Gasteiger partial charge in [-0.05, 0) is 26.0 Å². The first-order valence-corrected chi connectivity index (χ1v) is 6.66. The molecule has 1 aromatic carbocycles. The summed E-state index contributed by atoms with van der Waals surface area (Å²) in [6, 6.07) is 6.79. The minimum atomic E-state index is -0.515. The zero-order valence-corrected chi connectivity index (χ0v) is 12.8. The van der Waals surface area contributed by atoms with E-state index in [0.717, 1.165) is 0 Å². The van der Waals surface area contributed by atoms with Crippen molar-refractivity contribution in [2.45, 2.75) is 20.3 Å². The largest absolute Gasteiger partial charge is 0.496 e. The molecule has 4 heteroatoms. The number of rotatable bonds is 6. The number of ether oxygens (including phenoxy) is 2. The molecule has 0 unspecified atom stereocenters. The van der Waals surface area contributed by atoms with Gasteiger partial charge in [-0.3, -0.25) is 9.59 Å². The molecule has 0 spiro atoms. The lowest BCUT2D eigenvalue weighted by molar-refractivity contribution is -0.141. The Morgan fingerprint density at radius 3 is 2.43 bits per heavy atom. The molecule has 0 aliphatic carbocycles. The predicted octanol–water partition coefficient (Wildman–Crippen LogP) is 3.58. The van der Waals surface area contributed by atoms with Gasteiger partial charge < -0.3 is 9.47 Å². The molecule has 21 heavy (non-hydrogen) atoms. The van der Waals surface area contributed by atoms with Gasteiger partial charge in [0.15, 0.2) is 5.78 Å². The highest BCUT2D eigenvalue weighted by molar-refractivity contribution is 6.07. The predicted molar refractivity (Wildman–Crippen MR) is 83.6 cm³/mol. The average Bonchev–Trinajstić information content (AvgIpc) is 2.48. The molecular weight excluding hydrogens is 268 g/mol. The third-order valence-electron chi connectivity index (χ3n) is 2.35. The van der Waals surface area contributed by atoms with Gasteiger partial charge in [-0.15, -0.1) is 0 Å². The fourth-order valence-electron chi connectivity index (χ4n) is 1.45. The van der Waals surface area contributed by atoms with Crippen molar-refractivity contribution in [2.24, 2.45) is 0 Å². The molecule has 0 bridgehead atoms. The van der Waals surface area contributed by atoms with Crippen molar-refractivity contribution in [2.75, 3.05) is 13.7 Å². The number of hydrogen-bond acceptors (Lipinski definition) is 4. The Labute approximate surface area is 126 Å². The van der Waals surface area contributed by atoms with E-state index in [1.807, 2.05) is 19.1 Å². The van der Waals surface area contributed by atoms with Crippen LogP contribution in [0.4, 0.5) is 0 Å². The molecule has 0 radical (unpaired) electrons. The molecule has 0 atom stereocenters. The van der Waals surface area contributed by atoms with Crippen LogP contribution in [0.2, 0.25) is 0 Å². The van der Waals surface area contributed by atoms with E-state index in [9.17, 15) is 9.59 Å². The maximum atomic E-state index is 11.7. The van der Waals surface area contributed by atoms with Gasteiger partial charge in [-0.25, -0.2) is 0 Å². The van der Waals surface area contributed by atoms with Crippen LogP contribution in [-0.2, 0) is 9.53 Å². The summed E-state index contributed by atoms with van der Waals surface area (Å²) in [5.41, 5.74) is 0.401. The van der Waals surface area contributed by atoms with Crippen LogP contribution >= 0.6 is 0 Å². The zero-order valence-electron chi connectivity index (χ0n) is 12.8. The number of carbonyl (C=O) groups excluding carboxylic acids is 2. The Bertz CT molecular complexity index is 489. The third kappa shape index (κ3) is 7.72. The van der Waals surface area contributed by atoms with Crippen molar-refractivity contribution in [3.63, 3.8) is 0 Å². The number of hydrogen-bond donors (Lipinski definition) is 0. The van der Waals surface area contributed by atoms with Crippen molar-refractivity contribution < 1.29 is 19.1 Å². The topological polar surface area (TPSA) is 52.6 Å². The highest BCUT2D eigenvalue weighted by Gasteiger charge is 2.15. The van der Waals surface area contributed by atoms with Gasteiger partial charge in [0.2, 0.25) is 0 Å². The second-order valence-electron chi connectivity index (χ2n) is 3.87. The molecule has 4 nitrogen and oxygen atoms in total. The van der Waals surface area contributed by atoms with Crippen LogP contribution in [0.25, 0.3) is 0 Å². The Morgan fingerprint density at radius 2 is 1.95 bits per heavy atom. The Balaban J connectivity index is 0.000000690. The molecular formula is C17H22O4. The maximum Gasteiger partial charge on any atom is 0.313 e. The van der Waals surface area contributed by atoms with Crippen molar-refractivity contribution in [1.29, 1.82) is 0 Å². The fourth-order valence-corrected chi connectivity index (χ4v) is 1.45. The molecule has 0 fully saturated rings. The van der Waals surface area contributed by atoms with Crippen molar-refractivity contribution >= 4 is 11.8 Å². The van der Waals surface area contributed by atoms with Crippen molar-refractivity contribution in [1.82, 2.24) is 0 Å². The molecule has 0 amide bonds. The molecule has 0 saturated carbocycles. The number of carbonyl (C=O) groups is 2. The fraction of sp³-hybridized carbons (Fsp3) is 0.294. The van der Waals surface area contributed by atoms with Gasteiger partial charge in [0, 0.05) is 0 Å². The normalized spacial score (nSPS) is 9.48. The number of allylic oxidation sites excluding steroid dienone is 3. The standard InChI is InChI=1S/C12H14O4.C5H8/c1-3-16-12(14)8-10(13)9-6-4-5-7-11(9)15-2;1-3-5-4-2/h4-7H,3,8H2,1-2H3;3-5H,1H2,2H3/b;5-4-. The molecule has 0 aliphatic heterocycles. The third-order valence-corrected chi connectivity index (χ3v) is 2.35. The summed E-state index contributed by atoms with van der Waals surface area (Å²) in [5.74, 6) is -0.342. The molecule has 114 valence electrons. The lowest BCUT2D eigenvalue weighted by atomic mass is 10.1.